The lowest BCUT2D eigenvalue weighted by atomic mass is 9.33. The summed E-state index contributed by atoms with van der Waals surface area (Å²) < 4.78 is 0. The van der Waals surface area contributed by atoms with Gasteiger partial charge in [-0.05, 0) is 115 Å². The summed E-state index contributed by atoms with van der Waals surface area (Å²) in [6, 6.07) is 0. The molecule has 0 aromatic rings. The average molecular weight is 496 g/mol. The Morgan fingerprint density at radius 1 is 0.972 bits per heavy atom. The molecule has 5 aliphatic carbocycles. The fraction of sp³-hybridized carbons (Fsp3) is 0.848. The number of aliphatic hydroxyl groups is 2. The lowest BCUT2D eigenvalue weighted by molar-refractivity contribution is -0.218. The second-order valence-electron chi connectivity index (χ2n) is 15.2. The smallest absolute Gasteiger partial charge is 0.157 e. The molecule has 5 aliphatic rings. The Kier molecular flexibility index (Phi) is 6.14. The molecule has 202 valence electrons. The molecular formula is C33H53NO2. The number of allylic oxidation sites excluding steroid dienone is 4. The molecule has 2 N–H and O–H groups in total. The van der Waals surface area contributed by atoms with Crippen LogP contribution in [0.3, 0.4) is 0 Å². The van der Waals surface area contributed by atoms with Crippen LogP contribution in [0.1, 0.15) is 107 Å². The molecule has 0 radical (unpaired) electrons. The summed E-state index contributed by atoms with van der Waals surface area (Å²) in [4.78, 5) is 4.49. The SMILES string of the molecule is CN=CC1=C(C)C(C)(C)C2CCC3(C)C(CC=C4[C@@H]5[C@@H](C)[C@H](C)CC[C@]5(C(O)O)CC[C@]43C)C2(C)C1. The summed E-state index contributed by atoms with van der Waals surface area (Å²) in [5, 5.41) is 21.6. The number of hydrogen-bond donors (Lipinski definition) is 2. The Balaban J connectivity index is 1.63. The monoisotopic (exact) mass is 495 g/mol. The third-order valence-corrected chi connectivity index (χ3v) is 14.0. The summed E-state index contributed by atoms with van der Waals surface area (Å²) in [5.74, 6) is 2.73. The first-order valence-corrected chi connectivity index (χ1v) is 14.9. The minimum atomic E-state index is -1.22. The first-order chi connectivity index (χ1) is 16.7. The minimum absolute atomic E-state index is 0.123. The van der Waals surface area contributed by atoms with Crippen molar-refractivity contribution in [1.29, 1.82) is 0 Å². The molecule has 0 spiro atoms. The topological polar surface area (TPSA) is 52.8 Å². The molecule has 5 rings (SSSR count). The zero-order chi connectivity index (χ0) is 26.5. The highest BCUT2D eigenvalue weighted by Crippen LogP contribution is 2.76. The lowest BCUT2D eigenvalue weighted by Crippen LogP contribution is -2.64. The molecule has 0 heterocycles. The van der Waals surface area contributed by atoms with Gasteiger partial charge in [-0.2, -0.15) is 0 Å². The van der Waals surface area contributed by atoms with Crippen LogP contribution in [0, 0.1) is 56.7 Å². The number of aliphatic hydroxyl groups excluding tert-OH is 1. The highest BCUT2D eigenvalue weighted by atomic mass is 16.5. The van der Waals surface area contributed by atoms with Gasteiger partial charge in [-0.25, -0.2) is 0 Å². The lowest BCUT2D eigenvalue weighted by Gasteiger charge is -2.71. The van der Waals surface area contributed by atoms with E-state index < -0.39 is 6.29 Å². The Morgan fingerprint density at radius 2 is 1.67 bits per heavy atom. The van der Waals surface area contributed by atoms with Crippen molar-refractivity contribution in [2.75, 3.05) is 7.05 Å². The number of aliphatic imine (C=N–C) groups is 1. The molecule has 9 atom stereocenters. The van der Waals surface area contributed by atoms with Gasteiger partial charge in [-0.3, -0.25) is 4.99 Å². The fourth-order valence-electron chi connectivity index (χ4n) is 11.3. The molecule has 0 aliphatic heterocycles. The van der Waals surface area contributed by atoms with Crippen molar-refractivity contribution in [3.8, 4) is 0 Å². The Labute approximate surface area is 220 Å². The van der Waals surface area contributed by atoms with E-state index in [0.29, 0.717) is 23.7 Å². The van der Waals surface area contributed by atoms with E-state index in [4.69, 9.17) is 0 Å². The van der Waals surface area contributed by atoms with Gasteiger partial charge in [0.1, 0.15) is 0 Å². The number of hydrogen-bond acceptors (Lipinski definition) is 3. The van der Waals surface area contributed by atoms with Gasteiger partial charge in [-0.15, -0.1) is 0 Å². The van der Waals surface area contributed by atoms with Gasteiger partial charge in [-0.1, -0.05) is 65.7 Å². The highest BCUT2D eigenvalue weighted by Gasteiger charge is 2.68. The van der Waals surface area contributed by atoms with E-state index in [1.807, 2.05) is 7.05 Å². The second-order valence-corrected chi connectivity index (χ2v) is 15.2. The summed E-state index contributed by atoms with van der Waals surface area (Å²) in [7, 11) is 1.92. The van der Waals surface area contributed by atoms with Gasteiger partial charge in [0.25, 0.3) is 0 Å². The number of nitrogens with zero attached hydrogens (tertiary/aromatic N) is 1. The van der Waals surface area contributed by atoms with Crippen LogP contribution in [0.2, 0.25) is 0 Å². The van der Waals surface area contributed by atoms with Crippen LogP contribution in [-0.2, 0) is 0 Å². The molecule has 3 heteroatoms. The van der Waals surface area contributed by atoms with E-state index in [9.17, 15) is 10.2 Å². The van der Waals surface area contributed by atoms with E-state index in [1.165, 1.54) is 18.4 Å². The molecule has 4 unspecified atom stereocenters. The molecule has 0 bridgehead atoms. The van der Waals surface area contributed by atoms with Gasteiger partial charge < -0.3 is 10.2 Å². The van der Waals surface area contributed by atoms with Crippen LogP contribution >= 0.6 is 0 Å². The van der Waals surface area contributed by atoms with Crippen LogP contribution in [0.25, 0.3) is 0 Å². The first kappa shape index (κ1) is 26.7. The fourth-order valence-corrected chi connectivity index (χ4v) is 11.3. The molecule has 3 fully saturated rings. The van der Waals surface area contributed by atoms with Crippen LogP contribution < -0.4 is 0 Å². The molecular weight excluding hydrogens is 442 g/mol. The van der Waals surface area contributed by atoms with E-state index >= 15 is 0 Å². The van der Waals surface area contributed by atoms with Crippen molar-refractivity contribution in [3.05, 3.63) is 22.8 Å². The van der Waals surface area contributed by atoms with Crippen LogP contribution in [0.4, 0.5) is 0 Å². The molecule has 0 aromatic carbocycles. The zero-order valence-corrected chi connectivity index (χ0v) is 24.6. The summed E-state index contributed by atoms with van der Waals surface area (Å²) in [5.41, 5.74) is 5.02. The van der Waals surface area contributed by atoms with E-state index in [0.717, 1.165) is 38.5 Å². The third kappa shape index (κ3) is 3.14. The Morgan fingerprint density at radius 3 is 2.31 bits per heavy atom. The molecule has 0 amide bonds. The van der Waals surface area contributed by atoms with Gasteiger partial charge >= 0.3 is 0 Å². The molecule has 0 saturated heterocycles. The minimum Gasteiger partial charge on any atom is -0.368 e. The van der Waals surface area contributed by atoms with Crippen molar-refractivity contribution in [2.24, 2.45) is 61.7 Å². The quantitative estimate of drug-likeness (QED) is 0.236. The summed E-state index contributed by atoms with van der Waals surface area (Å²) >= 11 is 0. The van der Waals surface area contributed by atoms with Gasteiger partial charge in [0.15, 0.2) is 6.29 Å². The Bertz CT molecular complexity index is 1010. The van der Waals surface area contributed by atoms with E-state index in [1.54, 1.807) is 11.1 Å². The van der Waals surface area contributed by atoms with Gasteiger partial charge in [0.05, 0.1) is 0 Å². The zero-order valence-electron chi connectivity index (χ0n) is 24.6. The van der Waals surface area contributed by atoms with Crippen molar-refractivity contribution >= 4 is 6.21 Å². The number of fused-ring (bicyclic) bond motifs is 7. The van der Waals surface area contributed by atoms with Gasteiger partial charge in [0.2, 0.25) is 0 Å². The number of rotatable bonds is 2. The van der Waals surface area contributed by atoms with Crippen LogP contribution in [-0.4, -0.2) is 29.8 Å². The predicted molar refractivity (Wildman–Crippen MR) is 150 cm³/mol. The van der Waals surface area contributed by atoms with Crippen molar-refractivity contribution in [2.45, 2.75) is 113 Å². The average Bonchev–Trinajstić information content (AvgIpc) is 2.80. The first-order valence-electron chi connectivity index (χ1n) is 14.9. The van der Waals surface area contributed by atoms with Crippen LogP contribution in [0.15, 0.2) is 27.8 Å². The summed E-state index contributed by atoms with van der Waals surface area (Å²) in [6.45, 7) is 20.0. The summed E-state index contributed by atoms with van der Waals surface area (Å²) in [6.07, 6.45) is 12.5. The second kappa shape index (κ2) is 8.28. The Hall–Kier alpha value is -0.930. The van der Waals surface area contributed by atoms with E-state index in [2.05, 4.69) is 72.7 Å². The maximum atomic E-state index is 10.8. The molecule has 36 heavy (non-hydrogen) atoms. The van der Waals surface area contributed by atoms with Crippen molar-refractivity contribution in [1.82, 2.24) is 0 Å². The maximum Gasteiger partial charge on any atom is 0.157 e. The molecule has 0 aromatic heterocycles. The van der Waals surface area contributed by atoms with Crippen LogP contribution in [0.5, 0.6) is 0 Å². The standard InChI is InChI=1S/C33H53NO2/c1-20-12-15-33(28(35)36)17-16-31(7)24(27(33)21(20)2)10-11-26-30(6)18-23(19-34-9)22(3)29(4,5)25(30)13-14-32(26,31)8/h10,19-21,25-28,35-36H,11-18H2,1-9H3/t20-,21+,25?,26?,27+,30?,31-,32?,33+/m1/s1. The highest BCUT2D eigenvalue weighted by molar-refractivity contribution is 5.80. The van der Waals surface area contributed by atoms with Crippen molar-refractivity contribution < 1.29 is 10.2 Å². The normalized spacial score (nSPS) is 50.3. The van der Waals surface area contributed by atoms with Gasteiger partial charge in [0, 0.05) is 18.7 Å². The van der Waals surface area contributed by atoms with Crippen molar-refractivity contribution in [3.63, 3.8) is 0 Å². The largest absolute Gasteiger partial charge is 0.368 e. The third-order valence-electron chi connectivity index (χ3n) is 14.0. The molecule has 3 nitrogen and oxygen atoms in total. The predicted octanol–water partition coefficient (Wildman–Crippen LogP) is 7.58. The maximum absolute atomic E-state index is 10.8. The van der Waals surface area contributed by atoms with E-state index in [-0.39, 0.29) is 33.0 Å². The molecule has 3 saturated carbocycles.